The Hall–Kier alpha value is -2.64. The molecule has 0 fully saturated rings. The highest BCUT2D eigenvalue weighted by Gasteiger charge is 2.09. The van der Waals surface area contributed by atoms with Gasteiger partial charge in [0.15, 0.2) is 6.61 Å². The van der Waals surface area contributed by atoms with Gasteiger partial charge in [-0.2, -0.15) is 5.10 Å². The second kappa shape index (κ2) is 8.46. The minimum Gasteiger partial charge on any atom is -0.483 e. The third kappa shape index (κ3) is 5.44. The summed E-state index contributed by atoms with van der Waals surface area (Å²) in [5.41, 5.74) is 3.24. The molecule has 1 amide bonds. The molecule has 2 aromatic carbocycles. The average molecular weight is 382 g/mol. The van der Waals surface area contributed by atoms with Crippen molar-refractivity contribution in [2.75, 3.05) is 6.61 Å². The minimum atomic E-state index is -0.547. The van der Waals surface area contributed by atoms with Crippen LogP contribution in [0.5, 0.6) is 5.75 Å². The van der Waals surface area contributed by atoms with Crippen molar-refractivity contribution in [1.29, 1.82) is 0 Å². The van der Waals surface area contributed by atoms with E-state index in [9.17, 15) is 14.9 Å². The molecule has 0 heterocycles. The first-order chi connectivity index (χ1) is 11.9. The number of rotatable bonds is 6. The lowest BCUT2D eigenvalue weighted by molar-refractivity contribution is -0.384. The van der Waals surface area contributed by atoms with E-state index in [1.54, 1.807) is 18.2 Å². The fourth-order valence-electron chi connectivity index (χ4n) is 1.87. The molecular weight excluding hydrogens is 369 g/mol. The predicted molar refractivity (Wildman–Crippen MR) is 95.5 cm³/mol. The van der Waals surface area contributed by atoms with E-state index in [2.05, 4.69) is 10.5 Å². The fourth-order valence-corrected chi connectivity index (χ4v) is 2.26. The number of nitro groups is 1. The number of hydrogen-bond acceptors (Lipinski definition) is 5. The van der Waals surface area contributed by atoms with E-state index < -0.39 is 10.8 Å². The van der Waals surface area contributed by atoms with Crippen LogP contribution >= 0.6 is 23.2 Å². The highest BCUT2D eigenvalue weighted by atomic mass is 35.5. The summed E-state index contributed by atoms with van der Waals surface area (Å²) in [7, 11) is 0. The Bertz CT molecular complexity index is 840. The number of aryl methyl sites for hydroxylation is 1. The molecule has 0 unspecified atom stereocenters. The molecule has 0 spiro atoms. The Labute approximate surface area is 153 Å². The molecule has 0 radical (unpaired) electrons. The number of nitrogens with zero attached hydrogens (tertiary/aromatic N) is 2. The van der Waals surface area contributed by atoms with Crippen LogP contribution in [0, 0.1) is 17.0 Å². The Balaban J connectivity index is 1.92. The Morgan fingerprint density at radius 2 is 2.08 bits per heavy atom. The van der Waals surface area contributed by atoms with Gasteiger partial charge < -0.3 is 4.74 Å². The highest BCUT2D eigenvalue weighted by Crippen LogP contribution is 2.22. The van der Waals surface area contributed by atoms with E-state index in [0.717, 1.165) is 5.56 Å². The van der Waals surface area contributed by atoms with Crippen molar-refractivity contribution < 1.29 is 14.5 Å². The molecule has 0 aliphatic carbocycles. The van der Waals surface area contributed by atoms with Gasteiger partial charge in [-0.25, -0.2) is 5.43 Å². The van der Waals surface area contributed by atoms with Gasteiger partial charge >= 0.3 is 0 Å². The summed E-state index contributed by atoms with van der Waals surface area (Å²) in [6.07, 6.45) is 1.22. The standard InChI is InChI=1S/C16H13Cl2N3O4/c1-10-6-12(17)2-5-15(10)25-9-16(22)20-19-8-11-7-13(21(23)24)3-4-14(11)18/h2-8H,9H2,1H3,(H,20,22)/b19-8+. The van der Waals surface area contributed by atoms with E-state index in [1.807, 2.05) is 6.92 Å². The smallest absolute Gasteiger partial charge is 0.277 e. The van der Waals surface area contributed by atoms with Crippen LogP contribution in [0.4, 0.5) is 5.69 Å². The number of non-ortho nitro benzene ring substituents is 1. The lowest BCUT2D eigenvalue weighted by Crippen LogP contribution is -2.24. The summed E-state index contributed by atoms with van der Waals surface area (Å²) in [4.78, 5) is 21.9. The van der Waals surface area contributed by atoms with E-state index in [0.29, 0.717) is 16.3 Å². The van der Waals surface area contributed by atoms with E-state index >= 15 is 0 Å². The van der Waals surface area contributed by atoms with Crippen LogP contribution in [-0.2, 0) is 4.79 Å². The Kier molecular flexibility index (Phi) is 6.32. The number of carbonyl (C=O) groups excluding carboxylic acids is 1. The third-order valence-corrected chi connectivity index (χ3v) is 3.66. The van der Waals surface area contributed by atoms with Crippen molar-refractivity contribution in [3.8, 4) is 5.75 Å². The van der Waals surface area contributed by atoms with Gasteiger partial charge in [0.25, 0.3) is 11.6 Å². The van der Waals surface area contributed by atoms with Crippen molar-refractivity contribution in [2.45, 2.75) is 6.92 Å². The number of benzene rings is 2. The lowest BCUT2D eigenvalue weighted by atomic mass is 10.2. The summed E-state index contributed by atoms with van der Waals surface area (Å²) in [5, 5.41) is 15.3. The zero-order valence-corrected chi connectivity index (χ0v) is 14.5. The van der Waals surface area contributed by atoms with Crippen LogP contribution in [-0.4, -0.2) is 23.7 Å². The molecule has 130 valence electrons. The van der Waals surface area contributed by atoms with Crippen LogP contribution in [0.2, 0.25) is 10.0 Å². The van der Waals surface area contributed by atoms with Crippen molar-refractivity contribution in [1.82, 2.24) is 5.43 Å². The van der Waals surface area contributed by atoms with Crippen LogP contribution < -0.4 is 10.2 Å². The zero-order valence-electron chi connectivity index (χ0n) is 13.0. The highest BCUT2D eigenvalue weighted by molar-refractivity contribution is 6.33. The van der Waals surface area contributed by atoms with Crippen molar-refractivity contribution in [2.24, 2.45) is 5.10 Å². The summed E-state index contributed by atoms with van der Waals surface area (Å²) in [6, 6.07) is 8.96. The molecule has 0 aliphatic rings. The van der Waals surface area contributed by atoms with Crippen molar-refractivity contribution in [3.05, 3.63) is 67.7 Å². The third-order valence-electron chi connectivity index (χ3n) is 3.08. The molecule has 25 heavy (non-hydrogen) atoms. The van der Waals surface area contributed by atoms with Gasteiger partial charge in [-0.05, 0) is 36.8 Å². The molecule has 0 bridgehead atoms. The van der Waals surface area contributed by atoms with E-state index in [1.165, 1.54) is 24.4 Å². The zero-order chi connectivity index (χ0) is 18.4. The van der Waals surface area contributed by atoms with E-state index in [-0.39, 0.29) is 17.3 Å². The van der Waals surface area contributed by atoms with Crippen LogP contribution in [0.15, 0.2) is 41.5 Å². The maximum Gasteiger partial charge on any atom is 0.277 e. The second-order valence-corrected chi connectivity index (χ2v) is 5.80. The molecular formula is C16H13Cl2N3O4. The molecule has 7 nitrogen and oxygen atoms in total. The molecule has 0 aromatic heterocycles. The van der Waals surface area contributed by atoms with Gasteiger partial charge in [-0.3, -0.25) is 14.9 Å². The number of nitro benzene ring substituents is 1. The minimum absolute atomic E-state index is 0.126. The van der Waals surface area contributed by atoms with Crippen molar-refractivity contribution >= 4 is 41.0 Å². The van der Waals surface area contributed by atoms with Crippen molar-refractivity contribution in [3.63, 3.8) is 0 Å². The average Bonchev–Trinajstić information content (AvgIpc) is 2.55. The summed E-state index contributed by atoms with van der Waals surface area (Å²) >= 11 is 11.8. The molecule has 2 rings (SSSR count). The number of nitrogens with one attached hydrogen (secondary N) is 1. The fraction of sp³-hybridized carbons (Fsp3) is 0.125. The van der Waals surface area contributed by atoms with E-state index in [4.69, 9.17) is 27.9 Å². The second-order valence-electron chi connectivity index (χ2n) is 4.95. The number of carbonyl (C=O) groups is 1. The van der Waals surface area contributed by atoms with Gasteiger partial charge in [0.1, 0.15) is 5.75 Å². The largest absolute Gasteiger partial charge is 0.483 e. The van der Waals surface area contributed by atoms with Crippen LogP contribution in [0.25, 0.3) is 0 Å². The molecule has 9 heteroatoms. The molecule has 1 N–H and O–H groups in total. The van der Waals surface area contributed by atoms with Gasteiger partial charge in [-0.15, -0.1) is 0 Å². The number of halogens is 2. The molecule has 0 aliphatic heterocycles. The molecule has 0 saturated carbocycles. The first-order valence-electron chi connectivity index (χ1n) is 7.01. The first kappa shape index (κ1) is 18.7. The number of hydrogen-bond donors (Lipinski definition) is 1. The summed E-state index contributed by atoms with van der Waals surface area (Å²) in [5.74, 6) is 0.0393. The first-order valence-corrected chi connectivity index (χ1v) is 7.77. The number of ether oxygens (including phenoxy) is 1. The van der Waals surface area contributed by atoms with Gasteiger partial charge in [0.2, 0.25) is 0 Å². The summed E-state index contributed by atoms with van der Waals surface area (Å²) in [6.45, 7) is 1.56. The number of amides is 1. The lowest BCUT2D eigenvalue weighted by Gasteiger charge is -2.08. The Morgan fingerprint density at radius 3 is 2.76 bits per heavy atom. The maximum atomic E-state index is 11.7. The molecule has 0 saturated heterocycles. The molecule has 2 aromatic rings. The summed E-state index contributed by atoms with van der Waals surface area (Å²) < 4.78 is 5.37. The van der Waals surface area contributed by atoms with Gasteiger partial charge in [0, 0.05) is 27.7 Å². The predicted octanol–water partition coefficient (Wildman–Crippen LogP) is 3.74. The molecule has 0 atom stereocenters. The van der Waals surface area contributed by atoms with Crippen LogP contribution in [0.3, 0.4) is 0 Å². The normalized spacial score (nSPS) is 10.7. The van der Waals surface area contributed by atoms with Crippen LogP contribution in [0.1, 0.15) is 11.1 Å². The van der Waals surface area contributed by atoms with Gasteiger partial charge in [0.05, 0.1) is 11.1 Å². The number of hydrazone groups is 1. The SMILES string of the molecule is Cc1cc(Cl)ccc1OCC(=O)N/N=C/c1cc([N+](=O)[O-])ccc1Cl. The topological polar surface area (TPSA) is 93.8 Å². The maximum absolute atomic E-state index is 11.7. The van der Waals surface area contributed by atoms with Gasteiger partial charge in [-0.1, -0.05) is 23.2 Å². The quantitative estimate of drug-likeness (QED) is 0.468. The monoisotopic (exact) mass is 381 g/mol. The Morgan fingerprint density at radius 1 is 1.32 bits per heavy atom.